The maximum absolute atomic E-state index is 5.25. The van der Waals surface area contributed by atoms with Crippen molar-refractivity contribution in [3.05, 3.63) is 231 Å². The van der Waals surface area contributed by atoms with Crippen molar-refractivity contribution in [2.24, 2.45) is 0 Å². The summed E-state index contributed by atoms with van der Waals surface area (Å²) < 4.78 is 2.36. The first-order valence-electron chi connectivity index (χ1n) is 21.1. The monoisotopic (exact) mass is 790 g/mol. The highest BCUT2D eigenvalue weighted by Crippen LogP contribution is 2.40. The number of aromatic nitrogens is 3. The van der Waals surface area contributed by atoms with E-state index in [4.69, 9.17) is 9.97 Å². The van der Waals surface area contributed by atoms with E-state index in [0.717, 1.165) is 66.9 Å². The van der Waals surface area contributed by atoms with Crippen LogP contribution in [0.4, 0.5) is 17.1 Å². The average molecular weight is 791 g/mol. The molecule has 0 aliphatic heterocycles. The molecule has 0 N–H and O–H groups in total. The van der Waals surface area contributed by atoms with Crippen molar-refractivity contribution in [2.45, 2.75) is 0 Å². The summed E-state index contributed by atoms with van der Waals surface area (Å²) in [4.78, 5) is 12.6. The molecule has 0 bridgehead atoms. The number of rotatable bonds is 7. The van der Waals surface area contributed by atoms with E-state index in [0.29, 0.717) is 0 Å². The zero-order valence-electron chi connectivity index (χ0n) is 33.7. The normalized spacial score (nSPS) is 11.5. The fourth-order valence-electron chi connectivity index (χ4n) is 9.28. The summed E-state index contributed by atoms with van der Waals surface area (Å²) in [6, 6.07) is 80.2. The van der Waals surface area contributed by atoms with Crippen LogP contribution in [0, 0.1) is 0 Å². The highest BCUT2D eigenvalue weighted by molar-refractivity contribution is 6.23. The second kappa shape index (κ2) is 14.7. The van der Waals surface area contributed by atoms with Crippen LogP contribution in [-0.4, -0.2) is 14.5 Å². The third-order valence-corrected chi connectivity index (χ3v) is 12.2. The van der Waals surface area contributed by atoms with Crippen LogP contribution in [0.1, 0.15) is 0 Å². The van der Waals surface area contributed by atoms with Gasteiger partial charge in [-0.3, -0.25) is 4.98 Å². The summed E-state index contributed by atoms with van der Waals surface area (Å²) in [5, 5.41) is 7.11. The summed E-state index contributed by atoms with van der Waals surface area (Å²) >= 11 is 0. The van der Waals surface area contributed by atoms with E-state index in [-0.39, 0.29) is 0 Å². The van der Waals surface area contributed by atoms with Crippen LogP contribution < -0.4 is 4.90 Å². The summed E-state index contributed by atoms with van der Waals surface area (Å²) in [7, 11) is 0. The molecule has 12 rings (SSSR count). The van der Waals surface area contributed by atoms with E-state index < -0.39 is 0 Å². The molecule has 0 unspecified atom stereocenters. The van der Waals surface area contributed by atoms with Gasteiger partial charge in [0, 0.05) is 49.9 Å². The highest BCUT2D eigenvalue weighted by Gasteiger charge is 2.17. The Bertz CT molecular complexity index is 3590. The Morgan fingerprint density at radius 1 is 0.323 bits per heavy atom. The molecular formula is C58H38N4. The van der Waals surface area contributed by atoms with Gasteiger partial charge in [-0.2, -0.15) is 0 Å². The van der Waals surface area contributed by atoms with E-state index >= 15 is 0 Å². The molecule has 0 radical (unpaired) electrons. The number of para-hydroxylation sites is 3. The first-order chi connectivity index (χ1) is 30.7. The van der Waals surface area contributed by atoms with Crippen molar-refractivity contribution in [3.63, 3.8) is 0 Å². The zero-order chi connectivity index (χ0) is 41.0. The predicted molar refractivity (Wildman–Crippen MR) is 260 cm³/mol. The summed E-state index contributed by atoms with van der Waals surface area (Å²) in [6.07, 6.45) is 1.91. The lowest BCUT2D eigenvalue weighted by molar-refractivity contribution is 1.18. The predicted octanol–water partition coefficient (Wildman–Crippen LogP) is 15.5. The molecule has 0 amide bonds. The van der Waals surface area contributed by atoms with Crippen molar-refractivity contribution < 1.29 is 0 Å². The Kier molecular flexibility index (Phi) is 8.46. The number of hydrogen-bond donors (Lipinski definition) is 0. The molecule has 62 heavy (non-hydrogen) atoms. The van der Waals surface area contributed by atoms with Crippen LogP contribution in [-0.2, 0) is 0 Å². The first-order valence-corrected chi connectivity index (χ1v) is 21.1. The molecule has 0 aliphatic rings. The Hall–Kier alpha value is -8.34. The van der Waals surface area contributed by atoms with Gasteiger partial charge in [0.25, 0.3) is 0 Å². The van der Waals surface area contributed by atoms with Gasteiger partial charge < -0.3 is 9.47 Å². The van der Waals surface area contributed by atoms with Crippen molar-refractivity contribution >= 4 is 71.4 Å². The third-order valence-electron chi connectivity index (χ3n) is 12.2. The van der Waals surface area contributed by atoms with Gasteiger partial charge >= 0.3 is 0 Å². The molecular weight excluding hydrogens is 753 g/mol. The Balaban J connectivity index is 0.903. The van der Waals surface area contributed by atoms with Gasteiger partial charge in [-0.1, -0.05) is 152 Å². The molecule has 0 atom stereocenters. The molecule has 0 saturated heterocycles. The minimum atomic E-state index is 0.846. The van der Waals surface area contributed by atoms with Crippen LogP contribution >= 0.6 is 0 Å². The van der Waals surface area contributed by atoms with E-state index in [2.05, 4.69) is 234 Å². The van der Waals surface area contributed by atoms with Crippen LogP contribution in [0.5, 0.6) is 0 Å². The lowest BCUT2D eigenvalue weighted by Gasteiger charge is -2.26. The molecule has 4 heteroatoms. The zero-order valence-corrected chi connectivity index (χ0v) is 33.7. The molecule has 2 heterocycles. The maximum Gasteiger partial charge on any atom is 0.0979 e. The molecule has 290 valence electrons. The van der Waals surface area contributed by atoms with E-state index in [9.17, 15) is 0 Å². The molecule has 0 spiro atoms. The molecule has 0 aliphatic carbocycles. The van der Waals surface area contributed by atoms with Crippen LogP contribution in [0.25, 0.3) is 93.6 Å². The van der Waals surface area contributed by atoms with Gasteiger partial charge in [-0.25, -0.2) is 4.98 Å². The standard InChI is InChI=1S/C58H38N4/c1-3-18-44(19-4-1)61(46-32-29-39(30-33-46)54-38-59-57-51-26-9-7-23-48(51)49-24-8-10-27-52(49)58(57)60-54)47-22-14-17-42(36-47)40-15-13-16-41(35-40)43-31-34-56-53(37-43)50-25-11-12-28-55(50)62(56)45-20-5-2-6-21-45/h1-38H. The molecule has 2 aromatic heterocycles. The lowest BCUT2D eigenvalue weighted by Crippen LogP contribution is -2.09. The lowest BCUT2D eigenvalue weighted by atomic mass is 9.97. The van der Waals surface area contributed by atoms with Crippen LogP contribution in [0.3, 0.4) is 0 Å². The van der Waals surface area contributed by atoms with Crippen molar-refractivity contribution in [1.29, 1.82) is 0 Å². The Labute approximate surface area is 359 Å². The number of hydrogen-bond acceptors (Lipinski definition) is 3. The minimum Gasteiger partial charge on any atom is -0.310 e. The largest absolute Gasteiger partial charge is 0.310 e. The third kappa shape index (κ3) is 6.00. The van der Waals surface area contributed by atoms with Gasteiger partial charge in [-0.15, -0.1) is 0 Å². The first kappa shape index (κ1) is 35.6. The Morgan fingerprint density at radius 3 is 1.56 bits per heavy atom. The summed E-state index contributed by atoms with van der Waals surface area (Å²) in [5.41, 5.74) is 15.2. The quantitative estimate of drug-likeness (QED) is 0.151. The average Bonchev–Trinajstić information content (AvgIpc) is 3.69. The molecule has 0 saturated carbocycles. The SMILES string of the molecule is c1ccc(N(c2ccc(-c3cnc4c5ccccc5c5ccccc5c4n3)cc2)c2cccc(-c3cccc(-c4ccc5c(c4)c4ccccc4n5-c4ccccc4)c3)c2)cc1. The molecule has 0 fully saturated rings. The molecule has 10 aromatic carbocycles. The van der Waals surface area contributed by atoms with Crippen molar-refractivity contribution in [3.8, 4) is 39.2 Å². The van der Waals surface area contributed by atoms with E-state index in [1.807, 2.05) is 6.20 Å². The Morgan fingerprint density at radius 2 is 0.839 bits per heavy atom. The van der Waals surface area contributed by atoms with Gasteiger partial charge in [0.1, 0.15) is 0 Å². The fraction of sp³-hybridized carbons (Fsp3) is 0. The van der Waals surface area contributed by atoms with Crippen molar-refractivity contribution in [1.82, 2.24) is 14.5 Å². The summed E-state index contributed by atoms with van der Waals surface area (Å²) in [5.74, 6) is 0. The van der Waals surface area contributed by atoms with E-state index in [1.165, 1.54) is 43.7 Å². The highest BCUT2D eigenvalue weighted by atomic mass is 15.1. The number of fused-ring (bicyclic) bond motifs is 9. The topological polar surface area (TPSA) is 34.0 Å². The van der Waals surface area contributed by atoms with Gasteiger partial charge in [0.15, 0.2) is 0 Å². The second-order valence-corrected chi connectivity index (χ2v) is 15.8. The maximum atomic E-state index is 5.25. The fourth-order valence-corrected chi connectivity index (χ4v) is 9.28. The van der Waals surface area contributed by atoms with Gasteiger partial charge in [-0.05, 0) is 106 Å². The van der Waals surface area contributed by atoms with E-state index in [1.54, 1.807) is 0 Å². The number of anilines is 3. The van der Waals surface area contributed by atoms with Crippen LogP contribution in [0.2, 0.25) is 0 Å². The van der Waals surface area contributed by atoms with Crippen molar-refractivity contribution in [2.75, 3.05) is 4.90 Å². The number of nitrogens with zero attached hydrogens (tertiary/aromatic N) is 4. The molecule has 12 aromatic rings. The minimum absolute atomic E-state index is 0.846. The second-order valence-electron chi connectivity index (χ2n) is 15.8. The van der Waals surface area contributed by atoms with Gasteiger partial charge in [0.2, 0.25) is 0 Å². The smallest absolute Gasteiger partial charge is 0.0979 e. The molecule has 4 nitrogen and oxygen atoms in total. The summed E-state index contributed by atoms with van der Waals surface area (Å²) in [6.45, 7) is 0. The van der Waals surface area contributed by atoms with Crippen LogP contribution in [0.15, 0.2) is 231 Å². The number of benzene rings is 10. The van der Waals surface area contributed by atoms with Gasteiger partial charge in [0.05, 0.1) is 34.0 Å².